The predicted octanol–water partition coefficient (Wildman–Crippen LogP) is 2.29. The van der Waals surface area contributed by atoms with Crippen LogP contribution in [-0.4, -0.2) is 33.0 Å². The van der Waals surface area contributed by atoms with Crippen LogP contribution in [0, 0.1) is 0 Å². The minimum atomic E-state index is -3.33. The third-order valence-electron chi connectivity index (χ3n) is 3.24. The number of benzene rings is 1. The topological polar surface area (TPSA) is 58.2 Å². The second-order valence-electron chi connectivity index (χ2n) is 4.60. The molecule has 1 heterocycles. The molecule has 1 aliphatic heterocycles. The Morgan fingerprint density at radius 2 is 2.00 bits per heavy atom. The van der Waals surface area contributed by atoms with Crippen LogP contribution in [0.3, 0.4) is 0 Å². The lowest BCUT2D eigenvalue weighted by atomic mass is 10.2. The molecule has 1 saturated heterocycles. The summed E-state index contributed by atoms with van der Waals surface area (Å²) in [5.74, 6) is 1.26. The van der Waals surface area contributed by atoms with E-state index in [-0.39, 0.29) is 0 Å². The molecule has 0 amide bonds. The van der Waals surface area contributed by atoms with Gasteiger partial charge in [0.2, 0.25) is 10.0 Å². The van der Waals surface area contributed by atoms with Gasteiger partial charge in [0, 0.05) is 17.5 Å². The molecule has 0 saturated carbocycles. The van der Waals surface area contributed by atoms with Gasteiger partial charge in [-0.2, -0.15) is 11.8 Å². The zero-order chi connectivity index (χ0) is 13.7. The average Bonchev–Trinajstić information content (AvgIpc) is 2.47. The maximum absolute atomic E-state index is 11.6. The fraction of sp³-hybridized carbons (Fsp3) is 0.538. The van der Waals surface area contributed by atoms with Gasteiger partial charge in [-0.1, -0.05) is 6.42 Å². The molecule has 2 rings (SSSR count). The maximum atomic E-state index is 11.6. The Labute approximate surface area is 119 Å². The molecule has 0 bridgehead atoms. The van der Waals surface area contributed by atoms with Crippen LogP contribution in [0.4, 0.5) is 5.69 Å². The zero-order valence-corrected chi connectivity index (χ0v) is 12.7. The first kappa shape index (κ1) is 14.7. The summed E-state index contributed by atoms with van der Waals surface area (Å²) < 4.78 is 25.5. The molecule has 19 heavy (non-hydrogen) atoms. The first-order chi connectivity index (χ1) is 9.12. The number of rotatable bonds is 5. The largest absolute Gasteiger partial charge is 0.384 e. The Morgan fingerprint density at radius 1 is 1.26 bits per heavy atom. The van der Waals surface area contributed by atoms with Crippen molar-refractivity contribution in [3.05, 3.63) is 24.3 Å². The van der Waals surface area contributed by atoms with Gasteiger partial charge in [0.05, 0.1) is 4.90 Å². The lowest BCUT2D eigenvalue weighted by molar-refractivity contribution is 0.588. The summed E-state index contributed by atoms with van der Waals surface area (Å²) in [5.41, 5.74) is 0.973. The summed E-state index contributed by atoms with van der Waals surface area (Å²) >= 11 is 2.03. The number of thioether (sulfide) groups is 1. The highest BCUT2D eigenvalue weighted by molar-refractivity contribution is 7.99. The van der Waals surface area contributed by atoms with Crippen molar-refractivity contribution in [2.24, 2.45) is 0 Å². The van der Waals surface area contributed by atoms with Gasteiger partial charge in [-0.15, -0.1) is 0 Å². The molecule has 2 N–H and O–H groups in total. The fourth-order valence-electron chi connectivity index (χ4n) is 2.07. The van der Waals surface area contributed by atoms with Gasteiger partial charge < -0.3 is 5.32 Å². The second kappa shape index (κ2) is 6.63. The Morgan fingerprint density at radius 3 is 2.58 bits per heavy atom. The molecule has 1 aromatic rings. The standard InChI is InChI=1S/C13H20N2O2S2/c1-14-19(16,17)13-7-5-11(6-8-13)15-10-12-4-2-3-9-18-12/h5-8,12,14-15H,2-4,9-10H2,1H3. The molecule has 0 radical (unpaired) electrons. The van der Waals surface area contributed by atoms with E-state index in [0.29, 0.717) is 10.1 Å². The SMILES string of the molecule is CNS(=O)(=O)c1ccc(NCC2CCCCS2)cc1. The van der Waals surface area contributed by atoms with Gasteiger partial charge in [-0.25, -0.2) is 13.1 Å². The number of anilines is 1. The van der Waals surface area contributed by atoms with Gasteiger partial charge in [0.15, 0.2) is 0 Å². The van der Waals surface area contributed by atoms with Gasteiger partial charge >= 0.3 is 0 Å². The van der Waals surface area contributed by atoms with E-state index in [0.717, 1.165) is 12.2 Å². The fourth-order valence-corrected chi connectivity index (χ4v) is 4.04. The van der Waals surface area contributed by atoms with E-state index in [1.807, 2.05) is 23.9 Å². The van der Waals surface area contributed by atoms with E-state index in [4.69, 9.17) is 0 Å². The molecule has 4 nitrogen and oxygen atoms in total. The van der Waals surface area contributed by atoms with Crippen molar-refractivity contribution in [1.82, 2.24) is 4.72 Å². The molecule has 1 aromatic carbocycles. The predicted molar refractivity (Wildman–Crippen MR) is 81.3 cm³/mol. The third-order valence-corrected chi connectivity index (χ3v) is 6.07. The number of sulfonamides is 1. The molecule has 6 heteroatoms. The second-order valence-corrected chi connectivity index (χ2v) is 7.90. The summed E-state index contributed by atoms with van der Waals surface area (Å²) in [4.78, 5) is 0.299. The quantitative estimate of drug-likeness (QED) is 0.876. The Kier molecular flexibility index (Phi) is 5.13. The highest BCUT2D eigenvalue weighted by Crippen LogP contribution is 2.25. The van der Waals surface area contributed by atoms with Crippen molar-refractivity contribution in [2.45, 2.75) is 29.4 Å². The minimum absolute atomic E-state index is 0.299. The summed E-state index contributed by atoms with van der Waals surface area (Å²) in [6, 6.07) is 6.89. The van der Waals surface area contributed by atoms with E-state index < -0.39 is 10.0 Å². The lowest BCUT2D eigenvalue weighted by Gasteiger charge is -2.22. The summed E-state index contributed by atoms with van der Waals surface area (Å²) in [7, 11) is -1.91. The van der Waals surface area contributed by atoms with Crippen molar-refractivity contribution in [3.63, 3.8) is 0 Å². The maximum Gasteiger partial charge on any atom is 0.240 e. The molecular formula is C13H20N2O2S2. The molecule has 1 aliphatic rings. The molecule has 0 spiro atoms. The van der Waals surface area contributed by atoms with Gasteiger partial charge in [0.1, 0.15) is 0 Å². The van der Waals surface area contributed by atoms with Crippen LogP contribution in [0.2, 0.25) is 0 Å². The van der Waals surface area contributed by atoms with E-state index in [2.05, 4.69) is 10.0 Å². The summed E-state index contributed by atoms with van der Waals surface area (Å²) in [6.45, 7) is 0.947. The normalized spacial score (nSPS) is 20.2. The first-order valence-electron chi connectivity index (χ1n) is 6.51. The number of hydrogen-bond acceptors (Lipinski definition) is 4. The van der Waals surface area contributed by atoms with Crippen LogP contribution in [0.5, 0.6) is 0 Å². The Balaban J connectivity index is 1.91. The van der Waals surface area contributed by atoms with Crippen molar-refractivity contribution < 1.29 is 8.42 Å². The third kappa shape index (κ3) is 4.12. The van der Waals surface area contributed by atoms with Crippen molar-refractivity contribution in [3.8, 4) is 0 Å². The van der Waals surface area contributed by atoms with E-state index >= 15 is 0 Å². The summed E-state index contributed by atoms with van der Waals surface area (Å²) in [5, 5.41) is 4.05. The van der Waals surface area contributed by atoms with Gasteiger partial charge in [-0.05, 0) is 49.9 Å². The molecule has 0 aromatic heterocycles. The van der Waals surface area contributed by atoms with Crippen LogP contribution in [0.25, 0.3) is 0 Å². The molecule has 1 fully saturated rings. The lowest BCUT2D eigenvalue weighted by Crippen LogP contribution is -2.20. The van der Waals surface area contributed by atoms with Crippen molar-refractivity contribution >= 4 is 27.5 Å². The van der Waals surface area contributed by atoms with Crippen LogP contribution in [0.15, 0.2) is 29.2 Å². The molecule has 106 valence electrons. The zero-order valence-electron chi connectivity index (χ0n) is 11.1. The summed E-state index contributed by atoms with van der Waals surface area (Å²) in [6.07, 6.45) is 3.92. The monoisotopic (exact) mass is 300 g/mol. The smallest absolute Gasteiger partial charge is 0.240 e. The van der Waals surface area contributed by atoms with Crippen LogP contribution in [-0.2, 0) is 10.0 Å². The van der Waals surface area contributed by atoms with E-state index in [9.17, 15) is 8.42 Å². The highest BCUT2D eigenvalue weighted by Gasteiger charge is 2.14. The molecular weight excluding hydrogens is 280 g/mol. The van der Waals surface area contributed by atoms with Crippen LogP contribution in [0.1, 0.15) is 19.3 Å². The molecule has 1 atom stereocenters. The van der Waals surface area contributed by atoms with Crippen molar-refractivity contribution in [1.29, 1.82) is 0 Å². The minimum Gasteiger partial charge on any atom is -0.384 e. The Bertz CT molecular complexity index is 494. The number of hydrogen-bond donors (Lipinski definition) is 2. The van der Waals surface area contributed by atoms with E-state index in [1.54, 1.807) is 12.1 Å². The first-order valence-corrected chi connectivity index (χ1v) is 9.04. The van der Waals surface area contributed by atoms with Gasteiger partial charge in [-0.3, -0.25) is 0 Å². The van der Waals surface area contributed by atoms with Crippen molar-refractivity contribution in [2.75, 3.05) is 24.7 Å². The van der Waals surface area contributed by atoms with Crippen LogP contribution < -0.4 is 10.0 Å². The molecule has 0 aliphatic carbocycles. The number of nitrogens with one attached hydrogen (secondary N) is 2. The Hall–Kier alpha value is -0.720. The molecule has 1 unspecified atom stereocenters. The average molecular weight is 300 g/mol. The van der Waals surface area contributed by atoms with Gasteiger partial charge in [0.25, 0.3) is 0 Å². The van der Waals surface area contributed by atoms with E-state index in [1.165, 1.54) is 32.1 Å². The highest BCUT2D eigenvalue weighted by atomic mass is 32.2. The van der Waals surface area contributed by atoms with Crippen LogP contribution >= 0.6 is 11.8 Å².